The Bertz CT molecular complexity index is 1370. The Balaban J connectivity index is 1.33. The van der Waals surface area contributed by atoms with Gasteiger partial charge in [0.05, 0.1) is 5.56 Å². The van der Waals surface area contributed by atoms with E-state index in [1.165, 1.54) is 6.20 Å². The standard InChI is InChI=1S/C31H38N4O5Si/c1-41(2,3)18-17-40-21-35-28(36)16-15-27(31(35)39)34-20-26-22(10-8-12-25(26)30(34)38)9-6-4-5-7-11-24-14-13-23(19-33-24)29(32)37/h8,10,12-14,19,27H,4-5,7,11,15-18,20-21H2,1-3H3,(H2,32,37). The minimum atomic E-state index is -1.29. The van der Waals surface area contributed by atoms with Crippen LogP contribution in [0.3, 0.4) is 0 Å². The van der Waals surface area contributed by atoms with E-state index in [2.05, 4.69) is 36.5 Å². The number of piperidine rings is 1. The maximum atomic E-state index is 13.3. The van der Waals surface area contributed by atoms with Gasteiger partial charge in [0.15, 0.2) is 0 Å². The van der Waals surface area contributed by atoms with Gasteiger partial charge in [-0.3, -0.25) is 29.1 Å². The number of rotatable bonds is 11. The number of hydrogen-bond acceptors (Lipinski definition) is 6. The summed E-state index contributed by atoms with van der Waals surface area (Å²) in [6, 6.07) is 9.24. The summed E-state index contributed by atoms with van der Waals surface area (Å²) in [4.78, 5) is 57.3. The molecule has 1 atom stereocenters. The highest BCUT2D eigenvalue weighted by atomic mass is 28.3. The zero-order valence-electron chi connectivity index (χ0n) is 24.1. The summed E-state index contributed by atoms with van der Waals surface area (Å²) in [6.45, 7) is 7.46. The van der Waals surface area contributed by atoms with Gasteiger partial charge in [0, 0.05) is 57.1 Å². The largest absolute Gasteiger partial charge is 0.366 e. The van der Waals surface area contributed by atoms with E-state index in [9.17, 15) is 19.2 Å². The molecular weight excluding hydrogens is 536 g/mol. The van der Waals surface area contributed by atoms with Crippen molar-refractivity contribution >= 4 is 31.7 Å². The Kier molecular flexibility index (Phi) is 9.73. The first kappa shape index (κ1) is 30.2. The number of imide groups is 1. The lowest BCUT2D eigenvalue weighted by Gasteiger charge is -2.35. The number of carbonyl (C=O) groups excluding carboxylic acids is 4. The molecule has 1 aromatic carbocycles. The average molecular weight is 575 g/mol. The summed E-state index contributed by atoms with van der Waals surface area (Å²) in [7, 11) is -1.29. The first-order valence-electron chi connectivity index (χ1n) is 14.1. The van der Waals surface area contributed by atoms with Gasteiger partial charge in [-0.2, -0.15) is 0 Å². The molecule has 3 heterocycles. The Morgan fingerprint density at radius 2 is 1.95 bits per heavy atom. The van der Waals surface area contributed by atoms with Gasteiger partial charge in [-0.05, 0) is 61.6 Å². The number of ether oxygens (including phenoxy) is 1. The Labute approximate surface area is 242 Å². The number of fused-ring (bicyclic) bond motifs is 1. The number of amides is 4. The molecule has 1 aromatic heterocycles. The van der Waals surface area contributed by atoms with Crippen molar-refractivity contribution in [2.75, 3.05) is 13.3 Å². The van der Waals surface area contributed by atoms with Crippen LogP contribution in [0.5, 0.6) is 0 Å². The lowest BCUT2D eigenvalue weighted by atomic mass is 10.0. The summed E-state index contributed by atoms with van der Waals surface area (Å²) >= 11 is 0. The number of primary amides is 1. The lowest BCUT2D eigenvalue weighted by Crippen LogP contribution is -2.55. The molecule has 2 aliphatic rings. The van der Waals surface area contributed by atoms with Crippen LogP contribution < -0.4 is 5.73 Å². The Morgan fingerprint density at radius 1 is 1.15 bits per heavy atom. The van der Waals surface area contributed by atoms with Crippen molar-refractivity contribution in [3.8, 4) is 11.8 Å². The van der Waals surface area contributed by atoms with Crippen molar-refractivity contribution in [3.63, 3.8) is 0 Å². The van der Waals surface area contributed by atoms with E-state index in [-0.39, 0.29) is 30.9 Å². The SMILES string of the molecule is C[Si](C)(C)CCOCN1C(=O)CCC(N2Cc3c(C#CCCCCc4ccc(C(N)=O)cn4)cccc3C2=O)C1=O. The van der Waals surface area contributed by atoms with Crippen molar-refractivity contribution in [2.45, 2.75) is 76.8 Å². The number of aromatic nitrogens is 1. The second kappa shape index (κ2) is 13.2. The second-order valence-electron chi connectivity index (χ2n) is 11.7. The second-order valence-corrected chi connectivity index (χ2v) is 17.4. The molecule has 1 saturated heterocycles. The molecule has 10 heteroatoms. The first-order valence-corrected chi connectivity index (χ1v) is 17.8. The zero-order chi connectivity index (χ0) is 29.6. The normalized spacial score (nSPS) is 17.0. The number of carbonyl (C=O) groups is 4. The van der Waals surface area contributed by atoms with Crippen molar-refractivity contribution in [1.82, 2.24) is 14.8 Å². The molecule has 0 saturated carbocycles. The summed E-state index contributed by atoms with van der Waals surface area (Å²) < 4.78 is 5.70. The van der Waals surface area contributed by atoms with E-state index in [4.69, 9.17) is 10.5 Å². The van der Waals surface area contributed by atoms with Crippen LogP contribution in [-0.2, 0) is 27.3 Å². The smallest absolute Gasteiger partial charge is 0.255 e. The van der Waals surface area contributed by atoms with Gasteiger partial charge in [-0.25, -0.2) is 0 Å². The Morgan fingerprint density at radius 3 is 2.66 bits per heavy atom. The molecule has 216 valence electrons. The molecule has 0 spiro atoms. The maximum absolute atomic E-state index is 13.3. The van der Waals surface area contributed by atoms with Gasteiger partial charge >= 0.3 is 0 Å². The third kappa shape index (κ3) is 7.68. The number of unbranched alkanes of at least 4 members (excludes halogenated alkanes) is 2. The third-order valence-corrected chi connectivity index (χ3v) is 9.09. The van der Waals surface area contributed by atoms with E-state index in [1.807, 2.05) is 18.2 Å². The molecule has 0 aliphatic carbocycles. The van der Waals surface area contributed by atoms with Crippen LogP contribution >= 0.6 is 0 Å². The fourth-order valence-corrected chi connectivity index (χ4v) is 5.66. The van der Waals surface area contributed by atoms with Crippen LogP contribution in [0.2, 0.25) is 25.7 Å². The van der Waals surface area contributed by atoms with Crippen LogP contribution in [0, 0.1) is 11.8 Å². The lowest BCUT2D eigenvalue weighted by molar-refractivity contribution is -0.158. The van der Waals surface area contributed by atoms with Crippen LogP contribution in [0.1, 0.15) is 69.6 Å². The molecule has 2 N–H and O–H groups in total. The van der Waals surface area contributed by atoms with Gasteiger partial charge < -0.3 is 15.4 Å². The number of nitrogens with zero attached hydrogens (tertiary/aromatic N) is 3. The van der Waals surface area contributed by atoms with Gasteiger partial charge in [0.1, 0.15) is 12.8 Å². The molecule has 2 aliphatic heterocycles. The third-order valence-electron chi connectivity index (χ3n) is 7.39. The van der Waals surface area contributed by atoms with Crippen molar-refractivity contribution in [1.29, 1.82) is 0 Å². The number of likely N-dealkylation sites (tertiary alicyclic amines) is 1. The predicted octanol–water partition coefficient (Wildman–Crippen LogP) is 3.73. The molecule has 9 nitrogen and oxygen atoms in total. The summed E-state index contributed by atoms with van der Waals surface area (Å²) in [5, 5.41) is 0. The molecule has 0 bridgehead atoms. The van der Waals surface area contributed by atoms with E-state index in [0.717, 1.165) is 47.0 Å². The van der Waals surface area contributed by atoms with Crippen LogP contribution in [0.15, 0.2) is 36.5 Å². The van der Waals surface area contributed by atoms with Gasteiger partial charge in [0.25, 0.3) is 11.8 Å². The summed E-state index contributed by atoms with van der Waals surface area (Å²) in [6.07, 6.45) is 5.26. The van der Waals surface area contributed by atoms with Crippen LogP contribution in [0.4, 0.5) is 0 Å². The average Bonchev–Trinajstić information content (AvgIpc) is 3.26. The molecule has 1 fully saturated rings. The van der Waals surface area contributed by atoms with Crippen molar-refractivity contribution < 1.29 is 23.9 Å². The van der Waals surface area contributed by atoms with Crippen molar-refractivity contribution in [3.05, 3.63) is 64.5 Å². The number of hydrogen-bond donors (Lipinski definition) is 1. The molecule has 0 radical (unpaired) electrons. The van der Waals surface area contributed by atoms with Crippen molar-refractivity contribution in [2.24, 2.45) is 5.73 Å². The minimum absolute atomic E-state index is 0.0703. The van der Waals surface area contributed by atoms with Gasteiger partial charge in [-0.15, -0.1) is 0 Å². The summed E-state index contributed by atoms with van der Waals surface area (Å²) in [5.41, 5.74) is 8.72. The number of aryl methyl sites for hydroxylation is 1. The molecule has 4 rings (SSSR count). The number of benzene rings is 1. The van der Waals surface area contributed by atoms with E-state index < -0.39 is 20.0 Å². The van der Waals surface area contributed by atoms with Crippen LogP contribution in [-0.4, -0.2) is 65.9 Å². The molecule has 4 amide bonds. The topological polar surface area (TPSA) is 123 Å². The zero-order valence-corrected chi connectivity index (χ0v) is 25.1. The van der Waals surface area contributed by atoms with Crippen LogP contribution in [0.25, 0.3) is 0 Å². The molecule has 2 aromatic rings. The highest BCUT2D eigenvalue weighted by molar-refractivity contribution is 6.76. The van der Waals surface area contributed by atoms with E-state index >= 15 is 0 Å². The van der Waals surface area contributed by atoms with E-state index in [1.54, 1.807) is 17.0 Å². The Hall–Kier alpha value is -3.81. The maximum Gasteiger partial charge on any atom is 0.255 e. The van der Waals surface area contributed by atoms with Gasteiger partial charge in [0.2, 0.25) is 11.8 Å². The molecular formula is C31H38N4O5Si. The quantitative estimate of drug-likeness (QED) is 0.189. The predicted molar refractivity (Wildman–Crippen MR) is 157 cm³/mol. The number of nitrogens with two attached hydrogens (primary N) is 1. The minimum Gasteiger partial charge on any atom is -0.366 e. The van der Waals surface area contributed by atoms with Gasteiger partial charge in [-0.1, -0.05) is 37.5 Å². The fourth-order valence-electron chi connectivity index (χ4n) is 4.90. The molecule has 1 unspecified atom stereocenters. The fraction of sp³-hybridized carbons (Fsp3) is 0.452. The van der Waals surface area contributed by atoms with E-state index in [0.29, 0.717) is 37.1 Å². The highest BCUT2D eigenvalue weighted by Gasteiger charge is 2.43. The molecule has 41 heavy (non-hydrogen) atoms. The highest BCUT2D eigenvalue weighted by Crippen LogP contribution is 2.31. The first-order chi connectivity index (χ1) is 19.5. The summed E-state index contributed by atoms with van der Waals surface area (Å²) in [5.74, 6) is 5.11. The monoisotopic (exact) mass is 574 g/mol. The number of pyridine rings is 1.